The lowest BCUT2D eigenvalue weighted by molar-refractivity contribution is 0.0693. The highest BCUT2D eigenvalue weighted by molar-refractivity contribution is 4.56. The van der Waals surface area contributed by atoms with Crippen molar-refractivity contribution in [1.82, 2.24) is 0 Å². The van der Waals surface area contributed by atoms with Gasteiger partial charge in [0, 0.05) is 0 Å². The molecule has 0 spiro atoms. The van der Waals surface area contributed by atoms with Crippen LogP contribution in [-0.4, -0.2) is 6.10 Å². The van der Waals surface area contributed by atoms with Crippen LogP contribution in [0.2, 0.25) is 0 Å². The summed E-state index contributed by atoms with van der Waals surface area (Å²) in [4.78, 5) is 0. The van der Waals surface area contributed by atoms with Gasteiger partial charge >= 0.3 is 0 Å². The number of hydrogen-bond donors (Lipinski definition) is 0. The average molecular weight is 241 g/mol. The van der Waals surface area contributed by atoms with Gasteiger partial charge in [0.05, 0.1) is 6.10 Å². The quantitative estimate of drug-likeness (QED) is 0.358. The third-order valence-corrected chi connectivity index (χ3v) is 3.51. The minimum atomic E-state index is -0.278. The highest BCUT2D eigenvalue weighted by Gasteiger charge is 2.04. The molecule has 0 rings (SSSR count). The van der Waals surface area contributed by atoms with Gasteiger partial charge in [0.25, 0.3) is 0 Å². The summed E-state index contributed by atoms with van der Waals surface area (Å²) in [5, 5.41) is 11.5. The normalized spacial score (nSPS) is 12.9. The predicted octanol–water partition coefficient (Wildman–Crippen LogP) is 5.90. The maximum absolute atomic E-state index is 11.5. The Labute approximate surface area is 109 Å². The van der Waals surface area contributed by atoms with Gasteiger partial charge in [-0.2, -0.15) is 0 Å². The fourth-order valence-corrected chi connectivity index (χ4v) is 2.26. The van der Waals surface area contributed by atoms with Crippen LogP contribution >= 0.6 is 0 Å². The fraction of sp³-hybridized carbons (Fsp3) is 1.00. The van der Waals surface area contributed by atoms with E-state index in [-0.39, 0.29) is 6.10 Å². The Hall–Kier alpha value is -0.0400. The molecule has 0 aliphatic rings. The molecule has 0 bridgehead atoms. The second-order valence-electron chi connectivity index (χ2n) is 5.38. The van der Waals surface area contributed by atoms with Crippen molar-refractivity contribution in [3.8, 4) is 0 Å². The highest BCUT2D eigenvalue weighted by atomic mass is 16.3. The van der Waals surface area contributed by atoms with Crippen LogP contribution in [0.25, 0.3) is 0 Å². The molecule has 0 saturated carbocycles. The molecule has 0 aliphatic heterocycles. The molecule has 0 saturated heterocycles. The van der Waals surface area contributed by atoms with E-state index in [9.17, 15) is 5.11 Å². The molecular weight excluding hydrogens is 208 g/mol. The molecule has 0 heterocycles. The van der Waals surface area contributed by atoms with E-state index in [1.54, 1.807) is 0 Å². The van der Waals surface area contributed by atoms with Crippen molar-refractivity contribution in [3.05, 3.63) is 0 Å². The van der Waals surface area contributed by atoms with E-state index in [1.165, 1.54) is 51.4 Å². The van der Waals surface area contributed by atoms with E-state index in [4.69, 9.17) is 0 Å². The van der Waals surface area contributed by atoms with Gasteiger partial charge in [-0.05, 0) is 12.8 Å². The summed E-state index contributed by atoms with van der Waals surface area (Å²) >= 11 is 0. The molecule has 17 heavy (non-hydrogen) atoms. The monoisotopic (exact) mass is 241 g/mol. The van der Waals surface area contributed by atoms with Gasteiger partial charge in [0.2, 0.25) is 0 Å². The molecule has 0 fully saturated rings. The summed E-state index contributed by atoms with van der Waals surface area (Å²) in [7, 11) is 0. The Morgan fingerprint density at radius 3 is 1.53 bits per heavy atom. The molecule has 1 heteroatoms. The lowest BCUT2D eigenvalue weighted by Gasteiger charge is -2.07. The highest BCUT2D eigenvalue weighted by Crippen LogP contribution is 2.13. The van der Waals surface area contributed by atoms with E-state index in [1.807, 2.05) is 0 Å². The third-order valence-electron chi connectivity index (χ3n) is 3.51. The topological polar surface area (TPSA) is 19.9 Å². The fourth-order valence-electron chi connectivity index (χ4n) is 2.26. The second kappa shape index (κ2) is 14.0. The Balaban J connectivity index is 3.02. The number of unbranched alkanes of at least 4 members (excludes halogenated alkanes) is 9. The Bertz CT molecular complexity index is 133. The zero-order chi connectivity index (χ0) is 12.8. The van der Waals surface area contributed by atoms with Crippen LogP contribution in [0.3, 0.4) is 0 Å². The van der Waals surface area contributed by atoms with E-state index in [0.717, 1.165) is 32.1 Å². The van der Waals surface area contributed by atoms with Crippen LogP contribution in [0.4, 0.5) is 0 Å². The van der Waals surface area contributed by atoms with Crippen LogP contribution in [0.1, 0.15) is 97.3 Å². The lowest BCUT2D eigenvalue weighted by atomic mass is 10.0. The van der Waals surface area contributed by atoms with Gasteiger partial charge in [0.1, 0.15) is 0 Å². The smallest absolute Gasteiger partial charge is 0.0930 e. The molecular formula is C16H33O. The van der Waals surface area contributed by atoms with Crippen LogP contribution < -0.4 is 0 Å². The lowest BCUT2D eigenvalue weighted by Crippen LogP contribution is -2.03. The summed E-state index contributed by atoms with van der Waals surface area (Å²) in [6.45, 7) is 4.42. The van der Waals surface area contributed by atoms with Crippen molar-refractivity contribution in [1.29, 1.82) is 0 Å². The summed E-state index contributed by atoms with van der Waals surface area (Å²) < 4.78 is 0. The molecule has 103 valence electrons. The van der Waals surface area contributed by atoms with E-state index < -0.39 is 0 Å². The molecule has 0 aliphatic carbocycles. The van der Waals surface area contributed by atoms with Crippen molar-refractivity contribution in [2.24, 2.45) is 0 Å². The first-order valence-electron chi connectivity index (χ1n) is 7.97. The van der Waals surface area contributed by atoms with Crippen molar-refractivity contribution in [2.75, 3.05) is 0 Å². The minimum absolute atomic E-state index is 0.278. The minimum Gasteiger partial charge on any atom is -0.233 e. The van der Waals surface area contributed by atoms with Gasteiger partial charge in [-0.1, -0.05) is 84.5 Å². The summed E-state index contributed by atoms with van der Waals surface area (Å²) in [6, 6.07) is 0. The predicted molar refractivity (Wildman–Crippen MR) is 75.8 cm³/mol. The average Bonchev–Trinajstić information content (AvgIpc) is 2.34. The van der Waals surface area contributed by atoms with Crippen molar-refractivity contribution in [3.63, 3.8) is 0 Å². The maximum Gasteiger partial charge on any atom is 0.0930 e. The van der Waals surface area contributed by atoms with Gasteiger partial charge < -0.3 is 0 Å². The van der Waals surface area contributed by atoms with Crippen LogP contribution in [0.15, 0.2) is 0 Å². The van der Waals surface area contributed by atoms with E-state index in [2.05, 4.69) is 13.8 Å². The summed E-state index contributed by atoms with van der Waals surface area (Å²) in [5.74, 6) is 0. The molecule has 0 aromatic rings. The van der Waals surface area contributed by atoms with Crippen LogP contribution in [0, 0.1) is 0 Å². The zero-order valence-electron chi connectivity index (χ0n) is 12.2. The first-order chi connectivity index (χ1) is 8.31. The Morgan fingerprint density at radius 1 is 0.588 bits per heavy atom. The Kier molecular flexibility index (Phi) is 14.0. The second-order valence-corrected chi connectivity index (χ2v) is 5.38. The molecule has 1 unspecified atom stereocenters. The van der Waals surface area contributed by atoms with E-state index in [0.29, 0.717) is 0 Å². The molecule has 0 aromatic carbocycles. The third kappa shape index (κ3) is 13.9. The number of rotatable bonds is 13. The van der Waals surface area contributed by atoms with Gasteiger partial charge in [-0.3, -0.25) is 0 Å². The van der Waals surface area contributed by atoms with Crippen LogP contribution in [-0.2, 0) is 5.11 Å². The van der Waals surface area contributed by atoms with Crippen LogP contribution in [0.5, 0.6) is 0 Å². The van der Waals surface area contributed by atoms with Crippen molar-refractivity contribution >= 4 is 0 Å². The standard InChI is InChI=1S/C16H33O/c1-3-5-7-8-9-10-11-12-13-15-16(17)14-6-4-2/h16H,3-15H2,1-2H3. The van der Waals surface area contributed by atoms with Gasteiger partial charge in [0.15, 0.2) is 0 Å². The largest absolute Gasteiger partial charge is 0.233 e. The molecule has 0 aromatic heterocycles. The molecule has 1 atom stereocenters. The Morgan fingerprint density at radius 2 is 1.00 bits per heavy atom. The zero-order valence-corrected chi connectivity index (χ0v) is 12.2. The molecule has 0 N–H and O–H groups in total. The van der Waals surface area contributed by atoms with Crippen molar-refractivity contribution < 1.29 is 5.11 Å². The SMILES string of the molecule is CCCCCCCCCCCC([O])CCCC. The summed E-state index contributed by atoms with van der Waals surface area (Å²) in [6.07, 6.45) is 15.9. The number of hydrogen-bond acceptors (Lipinski definition) is 0. The van der Waals surface area contributed by atoms with Gasteiger partial charge in [-0.25, -0.2) is 5.11 Å². The van der Waals surface area contributed by atoms with Crippen molar-refractivity contribution in [2.45, 2.75) is 103 Å². The molecule has 1 radical (unpaired) electrons. The molecule has 1 nitrogen and oxygen atoms in total. The first-order valence-corrected chi connectivity index (χ1v) is 7.97. The van der Waals surface area contributed by atoms with Gasteiger partial charge in [-0.15, -0.1) is 0 Å². The van der Waals surface area contributed by atoms with E-state index >= 15 is 0 Å². The maximum atomic E-state index is 11.5. The first kappa shape index (κ1) is 17.0. The molecule has 0 amide bonds. The summed E-state index contributed by atoms with van der Waals surface area (Å²) in [5.41, 5.74) is 0.